The largest absolute Gasteiger partial charge is 0.468 e. The molecule has 1 atom stereocenters. The van der Waals surface area contributed by atoms with Gasteiger partial charge >= 0.3 is 5.97 Å². The van der Waals surface area contributed by atoms with E-state index in [4.69, 9.17) is 10.00 Å². The van der Waals surface area contributed by atoms with Crippen LogP contribution in [-0.4, -0.2) is 38.4 Å². The lowest BCUT2D eigenvalue weighted by molar-refractivity contribution is -0.146. The van der Waals surface area contributed by atoms with Gasteiger partial charge < -0.3 is 4.74 Å². The molecule has 7 heteroatoms. The van der Waals surface area contributed by atoms with Crippen molar-refractivity contribution in [2.75, 3.05) is 13.7 Å². The summed E-state index contributed by atoms with van der Waals surface area (Å²) < 4.78 is 31.4. The number of benzene rings is 1. The van der Waals surface area contributed by atoms with Gasteiger partial charge in [-0.05, 0) is 31.4 Å². The Morgan fingerprint density at radius 2 is 2.10 bits per heavy atom. The lowest BCUT2D eigenvalue weighted by Gasteiger charge is -2.32. The lowest BCUT2D eigenvalue weighted by atomic mass is 10.1. The highest BCUT2D eigenvalue weighted by molar-refractivity contribution is 7.89. The predicted octanol–water partition coefficient (Wildman–Crippen LogP) is 1.27. The third-order valence-electron chi connectivity index (χ3n) is 3.52. The molecule has 0 radical (unpaired) electrons. The highest BCUT2D eigenvalue weighted by atomic mass is 32.2. The molecule has 1 aliphatic rings. The number of esters is 1. The molecule has 0 unspecified atom stereocenters. The average molecular weight is 308 g/mol. The summed E-state index contributed by atoms with van der Waals surface area (Å²) in [7, 11) is -2.66. The molecular weight excluding hydrogens is 292 g/mol. The van der Waals surface area contributed by atoms with E-state index in [1.165, 1.54) is 19.2 Å². The number of carbonyl (C=O) groups is 1. The fourth-order valence-corrected chi connectivity index (χ4v) is 4.27. The third-order valence-corrected chi connectivity index (χ3v) is 5.49. The molecule has 1 aliphatic heterocycles. The Kier molecular flexibility index (Phi) is 4.60. The summed E-state index contributed by atoms with van der Waals surface area (Å²) in [5.74, 6) is -0.562. The quantitative estimate of drug-likeness (QED) is 0.785. The van der Waals surface area contributed by atoms with Crippen molar-refractivity contribution < 1.29 is 17.9 Å². The van der Waals surface area contributed by atoms with E-state index in [1.807, 2.05) is 6.07 Å². The zero-order chi connectivity index (χ0) is 15.5. The van der Waals surface area contributed by atoms with E-state index in [1.54, 1.807) is 12.1 Å². The van der Waals surface area contributed by atoms with Crippen LogP contribution in [0.5, 0.6) is 0 Å². The number of nitriles is 1. The molecular formula is C14H16N2O4S. The Hall–Kier alpha value is -1.91. The molecule has 112 valence electrons. The van der Waals surface area contributed by atoms with E-state index in [2.05, 4.69) is 0 Å². The van der Waals surface area contributed by atoms with Crippen LogP contribution >= 0.6 is 0 Å². The van der Waals surface area contributed by atoms with Crippen LogP contribution in [0.25, 0.3) is 0 Å². The molecule has 0 aromatic heterocycles. The average Bonchev–Trinajstić information content (AvgIpc) is 2.54. The van der Waals surface area contributed by atoms with Gasteiger partial charge in [-0.25, -0.2) is 8.42 Å². The molecule has 1 saturated heterocycles. The van der Waals surface area contributed by atoms with E-state index in [-0.39, 0.29) is 17.0 Å². The van der Waals surface area contributed by atoms with Crippen LogP contribution in [0.1, 0.15) is 24.8 Å². The summed E-state index contributed by atoms with van der Waals surface area (Å²) in [5, 5.41) is 9.08. The summed E-state index contributed by atoms with van der Waals surface area (Å²) in [5.41, 5.74) is 0.0756. The number of sulfonamides is 1. The lowest BCUT2D eigenvalue weighted by Crippen LogP contribution is -2.48. The van der Waals surface area contributed by atoms with Crippen LogP contribution in [-0.2, 0) is 19.6 Å². The molecule has 21 heavy (non-hydrogen) atoms. The van der Waals surface area contributed by atoms with Gasteiger partial charge in [-0.3, -0.25) is 4.79 Å². The maximum Gasteiger partial charge on any atom is 0.324 e. The second kappa shape index (κ2) is 6.24. The van der Waals surface area contributed by atoms with Crippen LogP contribution in [0.15, 0.2) is 29.2 Å². The number of methoxy groups -OCH3 is 1. The first-order chi connectivity index (χ1) is 10.0. The molecule has 0 aliphatic carbocycles. The topological polar surface area (TPSA) is 87.5 Å². The van der Waals surface area contributed by atoms with Crippen LogP contribution in [0.2, 0.25) is 0 Å². The Balaban J connectivity index is 2.46. The summed E-state index contributed by atoms with van der Waals surface area (Å²) in [6, 6.07) is 7.06. The van der Waals surface area contributed by atoms with Gasteiger partial charge in [0.1, 0.15) is 12.1 Å². The van der Waals surface area contributed by atoms with Crippen molar-refractivity contribution >= 4 is 16.0 Å². The van der Waals surface area contributed by atoms with Crippen LogP contribution < -0.4 is 0 Å². The molecule has 0 N–H and O–H groups in total. The van der Waals surface area contributed by atoms with E-state index < -0.39 is 22.0 Å². The number of ether oxygens (including phenoxy) is 1. The van der Waals surface area contributed by atoms with Gasteiger partial charge in [0.15, 0.2) is 0 Å². The van der Waals surface area contributed by atoms with E-state index in [9.17, 15) is 13.2 Å². The first-order valence-corrected chi connectivity index (χ1v) is 8.05. The molecule has 2 rings (SSSR count). The van der Waals surface area contributed by atoms with Gasteiger partial charge in [-0.1, -0.05) is 12.1 Å². The van der Waals surface area contributed by atoms with Crippen LogP contribution in [0.4, 0.5) is 0 Å². The Labute approximate surface area is 124 Å². The number of piperidine rings is 1. The second-order valence-corrected chi connectivity index (χ2v) is 6.62. The minimum absolute atomic E-state index is 0.0664. The van der Waals surface area contributed by atoms with Gasteiger partial charge in [-0.15, -0.1) is 0 Å². The molecule has 0 saturated carbocycles. The standard InChI is InChI=1S/C14H16N2O4S/c1-20-14(17)12-7-4-5-9-16(12)21(18,19)13-8-3-2-6-11(13)10-15/h2-3,6,8,12H,4-5,7,9H2,1H3/t12-/m1/s1. The smallest absolute Gasteiger partial charge is 0.324 e. The number of rotatable bonds is 3. The zero-order valence-electron chi connectivity index (χ0n) is 11.7. The predicted molar refractivity (Wildman–Crippen MR) is 74.7 cm³/mol. The zero-order valence-corrected chi connectivity index (χ0v) is 12.5. The van der Waals surface area contributed by atoms with Crippen molar-refractivity contribution in [2.45, 2.75) is 30.2 Å². The van der Waals surface area contributed by atoms with Crippen molar-refractivity contribution in [3.8, 4) is 6.07 Å². The van der Waals surface area contributed by atoms with Crippen molar-refractivity contribution in [1.82, 2.24) is 4.31 Å². The molecule has 1 fully saturated rings. The SMILES string of the molecule is COC(=O)[C@H]1CCCCN1S(=O)(=O)c1ccccc1C#N. The van der Waals surface area contributed by atoms with Crippen molar-refractivity contribution in [2.24, 2.45) is 0 Å². The summed E-state index contributed by atoms with van der Waals surface area (Å²) in [6.45, 7) is 0.252. The van der Waals surface area contributed by atoms with Gasteiger partial charge in [0.25, 0.3) is 0 Å². The molecule has 1 aromatic carbocycles. The minimum atomic E-state index is -3.90. The van der Waals surface area contributed by atoms with Gasteiger partial charge in [0, 0.05) is 6.54 Å². The second-order valence-electron chi connectivity index (χ2n) is 4.76. The van der Waals surface area contributed by atoms with Crippen molar-refractivity contribution in [3.05, 3.63) is 29.8 Å². The summed E-state index contributed by atoms with van der Waals surface area (Å²) in [6.07, 6.45) is 1.88. The monoisotopic (exact) mass is 308 g/mol. The highest BCUT2D eigenvalue weighted by Gasteiger charge is 2.39. The van der Waals surface area contributed by atoms with E-state index in [0.717, 1.165) is 10.7 Å². The third kappa shape index (κ3) is 2.91. The maximum atomic E-state index is 12.8. The Morgan fingerprint density at radius 3 is 2.76 bits per heavy atom. The molecule has 0 spiro atoms. The Morgan fingerprint density at radius 1 is 1.38 bits per heavy atom. The summed E-state index contributed by atoms with van der Waals surface area (Å²) in [4.78, 5) is 11.7. The van der Waals surface area contributed by atoms with E-state index in [0.29, 0.717) is 12.8 Å². The minimum Gasteiger partial charge on any atom is -0.468 e. The fraction of sp³-hybridized carbons (Fsp3) is 0.429. The summed E-state index contributed by atoms with van der Waals surface area (Å²) >= 11 is 0. The van der Waals surface area contributed by atoms with E-state index >= 15 is 0 Å². The van der Waals surface area contributed by atoms with Crippen LogP contribution in [0, 0.1) is 11.3 Å². The molecule has 1 aromatic rings. The van der Waals surface area contributed by atoms with Gasteiger partial charge in [-0.2, -0.15) is 9.57 Å². The van der Waals surface area contributed by atoms with Crippen LogP contribution in [0.3, 0.4) is 0 Å². The van der Waals surface area contributed by atoms with Gasteiger partial charge in [0.2, 0.25) is 10.0 Å². The first-order valence-electron chi connectivity index (χ1n) is 6.61. The van der Waals surface area contributed by atoms with Gasteiger partial charge in [0.05, 0.1) is 17.6 Å². The maximum absolute atomic E-state index is 12.8. The number of carbonyl (C=O) groups excluding carboxylic acids is 1. The fourth-order valence-electron chi connectivity index (χ4n) is 2.47. The normalized spacial score (nSPS) is 19.7. The number of hydrogen-bond donors (Lipinski definition) is 0. The number of nitrogens with zero attached hydrogens (tertiary/aromatic N) is 2. The molecule has 0 amide bonds. The number of hydrogen-bond acceptors (Lipinski definition) is 5. The van der Waals surface area contributed by atoms with Crippen molar-refractivity contribution in [3.63, 3.8) is 0 Å². The Bertz CT molecular complexity index is 678. The first kappa shape index (κ1) is 15.5. The molecule has 6 nitrogen and oxygen atoms in total. The highest BCUT2D eigenvalue weighted by Crippen LogP contribution is 2.27. The van der Waals surface area contributed by atoms with Crippen molar-refractivity contribution in [1.29, 1.82) is 5.26 Å². The molecule has 1 heterocycles. The molecule has 0 bridgehead atoms.